The number of nitrogens with two attached hydrogens (primary N) is 1. The van der Waals surface area contributed by atoms with E-state index >= 15 is 0 Å². The van der Waals surface area contributed by atoms with Crippen LogP contribution in [-0.2, 0) is 32.7 Å². The average Bonchev–Trinajstić information content (AvgIpc) is 3.32. The Bertz CT molecular complexity index is 1370. The predicted octanol–water partition coefficient (Wildman–Crippen LogP) is 16.7. The van der Waals surface area contributed by atoms with Crippen LogP contribution in [0.5, 0.6) is 0 Å². The summed E-state index contributed by atoms with van der Waals surface area (Å²) >= 11 is 0. The summed E-state index contributed by atoms with van der Waals surface area (Å²) in [5, 5.41) is 0. The number of carbonyl (C=O) groups is 2. The maximum Gasteiger partial charge on any atom is 0.472 e. The van der Waals surface area contributed by atoms with Crippen molar-refractivity contribution in [1.29, 1.82) is 0 Å². The van der Waals surface area contributed by atoms with Crippen LogP contribution in [-0.4, -0.2) is 49.3 Å². The van der Waals surface area contributed by atoms with E-state index < -0.39 is 32.5 Å². The van der Waals surface area contributed by atoms with Crippen molar-refractivity contribution in [2.24, 2.45) is 5.73 Å². The van der Waals surface area contributed by atoms with Gasteiger partial charge in [-0.05, 0) is 89.9 Å². The highest BCUT2D eigenvalue weighted by molar-refractivity contribution is 7.47. The molecule has 0 aliphatic rings. The van der Waals surface area contributed by atoms with Crippen LogP contribution in [0.4, 0.5) is 0 Å². The zero-order valence-electron chi connectivity index (χ0n) is 42.9. The van der Waals surface area contributed by atoms with Crippen molar-refractivity contribution in [3.63, 3.8) is 0 Å². The fraction of sp³-hybridized carbons (Fsp3) is 0.719. The van der Waals surface area contributed by atoms with Gasteiger partial charge in [-0.3, -0.25) is 18.6 Å². The second-order valence-electron chi connectivity index (χ2n) is 17.7. The monoisotopic (exact) mass is 958 g/mol. The quantitative estimate of drug-likeness (QED) is 0.0264. The molecule has 0 amide bonds. The summed E-state index contributed by atoms with van der Waals surface area (Å²) in [6.07, 6.45) is 67.9. The number of phosphoric ester groups is 1. The van der Waals surface area contributed by atoms with Gasteiger partial charge in [-0.25, -0.2) is 4.57 Å². The second kappa shape index (κ2) is 52.6. The first-order valence-electron chi connectivity index (χ1n) is 27.1. The molecule has 67 heavy (non-hydrogen) atoms. The van der Waals surface area contributed by atoms with E-state index in [9.17, 15) is 19.0 Å². The first-order valence-corrected chi connectivity index (χ1v) is 28.6. The highest BCUT2D eigenvalue weighted by atomic mass is 31.2. The Morgan fingerprint density at radius 2 is 0.821 bits per heavy atom. The lowest BCUT2D eigenvalue weighted by atomic mass is 10.0. The molecule has 0 aromatic carbocycles. The summed E-state index contributed by atoms with van der Waals surface area (Å²) in [7, 11) is -4.40. The molecule has 0 radical (unpaired) electrons. The van der Waals surface area contributed by atoms with Crippen LogP contribution in [0, 0.1) is 0 Å². The van der Waals surface area contributed by atoms with E-state index in [1.54, 1.807) is 0 Å². The van der Waals surface area contributed by atoms with Crippen LogP contribution in [0.15, 0.2) is 85.1 Å². The molecule has 2 atom stereocenters. The lowest BCUT2D eigenvalue weighted by Gasteiger charge is -2.19. The normalized spacial score (nSPS) is 13.8. The molecule has 0 rings (SSSR count). The van der Waals surface area contributed by atoms with Crippen molar-refractivity contribution in [2.75, 3.05) is 26.4 Å². The third kappa shape index (κ3) is 52.4. The summed E-state index contributed by atoms with van der Waals surface area (Å²) in [5.74, 6) is -0.877. The Balaban J connectivity index is 3.95. The minimum Gasteiger partial charge on any atom is -0.462 e. The van der Waals surface area contributed by atoms with Crippen LogP contribution in [0.25, 0.3) is 0 Å². The molecular formula is C57H100NO8P. The summed E-state index contributed by atoms with van der Waals surface area (Å²) < 4.78 is 32.9. The van der Waals surface area contributed by atoms with Crippen LogP contribution >= 0.6 is 7.82 Å². The molecule has 3 N–H and O–H groups in total. The third-order valence-corrected chi connectivity index (χ3v) is 12.2. The number of carbonyl (C=O) groups excluding carboxylic acids is 2. The predicted molar refractivity (Wildman–Crippen MR) is 284 cm³/mol. The SMILES string of the molecule is CC/C=C\C/C=C\C/C=C\C/C=C\CCCCC(=O)OC(COC(=O)CCCCCCCCCCCCCCCCCC/C=C\C/C=C\C/C=C\CCCCCCC)COP(=O)(O)OCCN. The molecule has 0 aliphatic carbocycles. The molecule has 0 aromatic heterocycles. The number of rotatable bonds is 50. The topological polar surface area (TPSA) is 134 Å². The molecule has 0 saturated heterocycles. The van der Waals surface area contributed by atoms with Crippen molar-refractivity contribution in [1.82, 2.24) is 0 Å². The largest absolute Gasteiger partial charge is 0.472 e. The molecule has 0 saturated carbocycles. The number of hydrogen-bond donors (Lipinski definition) is 2. The molecule has 0 fully saturated rings. The number of unbranched alkanes of at least 4 members (excludes halogenated alkanes) is 23. The molecule has 9 nitrogen and oxygen atoms in total. The third-order valence-electron chi connectivity index (χ3n) is 11.3. The van der Waals surface area contributed by atoms with E-state index in [0.717, 1.165) is 70.6 Å². The van der Waals surface area contributed by atoms with E-state index in [4.69, 9.17) is 24.3 Å². The Morgan fingerprint density at radius 3 is 1.25 bits per heavy atom. The van der Waals surface area contributed by atoms with E-state index in [2.05, 4.69) is 98.9 Å². The Kier molecular flexibility index (Phi) is 50.4. The summed E-state index contributed by atoms with van der Waals surface area (Å²) in [4.78, 5) is 35.0. The maximum absolute atomic E-state index is 12.6. The zero-order chi connectivity index (χ0) is 48.8. The van der Waals surface area contributed by atoms with Crippen molar-refractivity contribution >= 4 is 19.8 Å². The van der Waals surface area contributed by atoms with Gasteiger partial charge in [0, 0.05) is 19.4 Å². The lowest BCUT2D eigenvalue weighted by molar-refractivity contribution is -0.161. The number of ether oxygens (including phenoxy) is 2. The minimum absolute atomic E-state index is 0.0433. The number of hydrogen-bond acceptors (Lipinski definition) is 8. The zero-order valence-corrected chi connectivity index (χ0v) is 43.8. The van der Waals surface area contributed by atoms with Gasteiger partial charge in [-0.2, -0.15) is 0 Å². The standard InChI is InChI=1S/C57H100NO8P/c1-3-5-7-9-11-13-15-17-19-20-21-22-23-24-25-26-27-28-29-30-31-32-33-34-36-37-39-41-43-45-47-49-56(59)63-53-55(54-65-67(61,62)64-52-51-58)66-57(60)50-48-46-44-42-40-38-35-18-16-14-12-10-8-6-4-2/h6,8,12,14-15,17-18,20-21,23-24,35,40,42,55H,3-5,7,9-11,13,16,19,22,25-34,36-39,41,43-54,58H2,1-2H3,(H,61,62)/b8-6-,14-12-,17-15-,21-20-,24-23-,35-18-,42-40-. The fourth-order valence-electron chi connectivity index (χ4n) is 7.28. The summed E-state index contributed by atoms with van der Waals surface area (Å²) in [6, 6.07) is 0. The van der Waals surface area contributed by atoms with Crippen LogP contribution in [0.2, 0.25) is 0 Å². The van der Waals surface area contributed by atoms with Gasteiger partial charge in [-0.15, -0.1) is 0 Å². The Labute approximate surface area is 411 Å². The second-order valence-corrected chi connectivity index (χ2v) is 19.2. The molecule has 0 spiro atoms. The Morgan fingerprint density at radius 1 is 0.463 bits per heavy atom. The molecule has 0 aromatic rings. The minimum atomic E-state index is -4.40. The van der Waals surface area contributed by atoms with E-state index in [1.165, 1.54) is 128 Å². The number of phosphoric acid groups is 1. The van der Waals surface area contributed by atoms with Gasteiger partial charge in [0.2, 0.25) is 0 Å². The van der Waals surface area contributed by atoms with Gasteiger partial charge in [0.15, 0.2) is 6.10 Å². The lowest BCUT2D eigenvalue weighted by Crippen LogP contribution is -2.29. The molecule has 0 aliphatic heterocycles. The average molecular weight is 958 g/mol. The smallest absolute Gasteiger partial charge is 0.462 e. The van der Waals surface area contributed by atoms with Gasteiger partial charge >= 0.3 is 19.8 Å². The van der Waals surface area contributed by atoms with Gasteiger partial charge < -0.3 is 20.1 Å². The molecule has 10 heteroatoms. The molecule has 386 valence electrons. The van der Waals surface area contributed by atoms with Crippen molar-refractivity contribution in [3.8, 4) is 0 Å². The highest BCUT2D eigenvalue weighted by Gasteiger charge is 2.26. The van der Waals surface area contributed by atoms with Crippen LogP contribution < -0.4 is 5.73 Å². The van der Waals surface area contributed by atoms with Gasteiger partial charge in [-0.1, -0.05) is 214 Å². The fourth-order valence-corrected chi connectivity index (χ4v) is 8.05. The van der Waals surface area contributed by atoms with E-state index in [0.29, 0.717) is 6.42 Å². The summed E-state index contributed by atoms with van der Waals surface area (Å²) in [6.45, 7) is 3.56. The Hall–Kier alpha value is -2.81. The van der Waals surface area contributed by atoms with Crippen molar-refractivity contribution in [2.45, 2.75) is 238 Å². The first-order chi connectivity index (χ1) is 32.8. The number of esters is 2. The first kappa shape index (κ1) is 64.2. The van der Waals surface area contributed by atoms with Crippen molar-refractivity contribution < 1.29 is 37.6 Å². The van der Waals surface area contributed by atoms with E-state index in [1.807, 2.05) is 0 Å². The van der Waals surface area contributed by atoms with Gasteiger partial charge in [0.25, 0.3) is 0 Å². The van der Waals surface area contributed by atoms with Gasteiger partial charge in [0.05, 0.1) is 13.2 Å². The highest BCUT2D eigenvalue weighted by Crippen LogP contribution is 2.43. The molecule has 2 unspecified atom stereocenters. The molecular weight excluding hydrogens is 858 g/mol. The van der Waals surface area contributed by atoms with Crippen LogP contribution in [0.1, 0.15) is 232 Å². The molecule has 0 bridgehead atoms. The maximum atomic E-state index is 12.6. The molecule has 0 heterocycles. The van der Waals surface area contributed by atoms with E-state index in [-0.39, 0.29) is 32.6 Å². The number of allylic oxidation sites excluding steroid dienone is 14. The van der Waals surface area contributed by atoms with Crippen molar-refractivity contribution in [3.05, 3.63) is 85.1 Å². The summed E-state index contributed by atoms with van der Waals surface area (Å²) in [5.41, 5.74) is 5.36. The van der Waals surface area contributed by atoms with Gasteiger partial charge in [0.1, 0.15) is 6.61 Å². The van der Waals surface area contributed by atoms with Crippen LogP contribution in [0.3, 0.4) is 0 Å².